The topological polar surface area (TPSA) is 77.0 Å². The number of thioether (sulfide) groups is 1. The van der Waals surface area contributed by atoms with Crippen LogP contribution in [0.3, 0.4) is 0 Å². The zero-order chi connectivity index (χ0) is 14.4. The van der Waals surface area contributed by atoms with E-state index in [1.54, 1.807) is 22.8 Å². The van der Waals surface area contributed by atoms with E-state index in [0.29, 0.717) is 41.8 Å². The number of hydrogen-bond acceptors (Lipinski definition) is 5. The molecule has 0 aliphatic rings. The Kier molecular flexibility index (Phi) is 7.66. The van der Waals surface area contributed by atoms with Gasteiger partial charge in [-0.15, -0.1) is 22.6 Å². The number of benzene rings is 1. The van der Waals surface area contributed by atoms with Crippen LogP contribution in [0.2, 0.25) is 0 Å². The summed E-state index contributed by atoms with van der Waals surface area (Å²) in [5, 5.41) is 17.6. The molecule has 8 heteroatoms. The van der Waals surface area contributed by atoms with Gasteiger partial charge in [0, 0.05) is 18.8 Å². The summed E-state index contributed by atoms with van der Waals surface area (Å²) in [5.41, 5.74) is 5.99. The second-order valence-electron chi connectivity index (χ2n) is 4.15. The van der Waals surface area contributed by atoms with E-state index < -0.39 is 0 Å². The minimum atomic E-state index is -0.324. The summed E-state index contributed by atoms with van der Waals surface area (Å²) in [4.78, 5) is 0. The van der Waals surface area contributed by atoms with Gasteiger partial charge in [0.05, 0.1) is 5.69 Å². The monoisotopic (exact) mass is 332 g/mol. The number of aromatic nitrogens is 3. The molecule has 0 fully saturated rings. The summed E-state index contributed by atoms with van der Waals surface area (Å²) in [6, 6.07) is 6.51. The number of para-hydroxylation sites is 1. The molecule has 0 aliphatic heterocycles. The van der Waals surface area contributed by atoms with E-state index in [9.17, 15) is 4.39 Å². The van der Waals surface area contributed by atoms with Crippen molar-refractivity contribution in [3.8, 4) is 5.69 Å². The van der Waals surface area contributed by atoms with Gasteiger partial charge in [-0.05, 0) is 25.1 Å². The molecule has 3 N–H and O–H groups in total. The fourth-order valence-electron chi connectivity index (χ4n) is 1.79. The fraction of sp³-hybridized carbons (Fsp3) is 0.385. The largest absolute Gasteiger partial charge is 0.396 e. The van der Waals surface area contributed by atoms with Crippen LogP contribution in [0.1, 0.15) is 12.2 Å². The van der Waals surface area contributed by atoms with Crippen molar-refractivity contribution < 1.29 is 9.50 Å². The van der Waals surface area contributed by atoms with Gasteiger partial charge in [0.2, 0.25) is 0 Å². The molecule has 5 nitrogen and oxygen atoms in total. The van der Waals surface area contributed by atoms with Crippen molar-refractivity contribution >= 4 is 24.2 Å². The first-order chi connectivity index (χ1) is 9.77. The van der Waals surface area contributed by atoms with Crippen LogP contribution in [0, 0.1) is 5.82 Å². The number of hydrogen-bond donors (Lipinski definition) is 2. The van der Waals surface area contributed by atoms with Gasteiger partial charge in [-0.1, -0.05) is 23.9 Å². The molecule has 0 unspecified atom stereocenters. The summed E-state index contributed by atoms with van der Waals surface area (Å²) in [5.74, 6) is 1.02. The van der Waals surface area contributed by atoms with Gasteiger partial charge >= 0.3 is 0 Å². The average molecular weight is 333 g/mol. The highest BCUT2D eigenvalue weighted by atomic mass is 35.5. The van der Waals surface area contributed by atoms with Crippen molar-refractivity contribution in [2.24, 2.45) is 5.73 Å². The standard InChI is InChI=1S/C13H17FN4OS.ClH/c14-10-4-1-2-5-11(10)18-12(6-7-15)16-17-13(18)20-9-3-8-19;/h1-2,4-5,19H,3,6-9,15H2;1H. The maximum Gasteiger partial charge on any atom is 0.195 e. The third-order valence-corrected chi connectivity index (χ3v) is 3.71. The number of nitrogens with zero attached hydrogens (tertiary/aromatic N) is 3. The molecule has 0 saturated carbocycles. The molecule has 0 aliphatic carbocycles. The van der Waals surface area contributed by atoms with Crippen LogP contribution < -0.4 is 5.73 Å². The highest BCUT2D eigenvalue weighted by Crippen LogP contribution is 2.24. The zero-order valence-electron chi connectivity index (χ0n) is 11.4. The lowest BCUT2D eigenvalue weighted by atomic mass is 10.3. The molecule has 0 atom stereocenters. The number of aliphatic hydroxyl groups excluding tert-OH is 1. The predicted octanol–water partition coefficient (Wildman–Crippen LogP) is 1.80. The minimum absolute atomic E-state index is 0. The molecular formula is C13H18ClFN4OS. The second-order valence-corrected chi connectivity index (χ2v) is 5.21. The smallest absolute Gasteiger partial charge is 0.195 e. The molecule has 1 aromatic carbocycles. The quantitative estimate of drug-likeness (QED) is 0.597. The van der Waals surface area contributed by atoms with Crippen LogP contribution in [0.15, 0.2) is 29.4 Å². The molecular weight excluding hydrogens is 315 g/mol. The van der Waals surface area contributed by atoms with E-state index in [0.717, 1.165) is 0 Å². The Morgan fingerprint density at radius 1 is 1.29 bits per heavy atom. The molecule has 0 bridgehead atoms. The molecule has 2 aromatic rings. The zero-order valence-corrected chi connectivity index (χ0v) is 13.0. The molecule has 21 heavy (non-hydrogen) atoms. The van der Waals surface area contributed by atoms with Gasteiger partial charge in [0.15, 0.2) is 5.16 Å². The first-order valence-electron chi connectivity index (χ1n) is 6.41. The first kappa shape index (κ1) is 17.9. The number of nitrogens with two attached hydrogens (primary N) is 1. The van der Waals surface area contributed by atoms with Crippen molar-refractivity contribution in [3.63, 3.8) is 0 Å². The summed E-state index contributed by atoms with van der Waals surface area (Å²) >= 11 is 1.44. The lowest BCUT2D eigenvalue weighted by Crippen LogP contribution is -2.10. The lowest BCUT2D eigenvalue weighted by molar-refractivity contribution is 0.296. The van der Waals surface area contributed by atoms with Gasteiger partial charge in [0.25, 0.3) is 0 Å². The molecule has 0 saturated heterocycles. The van der Waals surface area contributed by atoms with E-state index in [1.807, 2.05) is 0 Å². The average Bonchev–Trinajstić information content (AvgIpc) is 2.83. The van der Waals surface area contributed by atoms with Crippen LogP contribution in [-0.4, -0.2) is 38.8 Å². The van der Waals surface area contributed by atoms with E-state index in [4.69, 9.17) is 10.8 Å². The highest BCUT2D eigenvalue weighted by Gasteiger charge is 2.16. The molecule has 0 amide bonds. The van der Waals surface area contributed by atoms with Crippen molar-refractivity contribution in [3.05, 3.63) is 35.9 Å². The van der Waals surface area contributed by atoms with Crippen molar-refractivity contribution in [1.82, 2.24) is 14.8 Å². The first-order valence-corrected chi connectivity index (χ1v) is 7.39. The fourth-order valence-corrected chi connectivity index (χ4v) is 2.68. The van der Waals surface area contributed by atoms with Crippen molar-refractivity contribution in [1.29, 1.82) is 0 Å². The Labute approximate surface area is 133 Å². The van der Waals surface area contributed by atoms with Gasteiger partial charge in [-0.2, -0.15) is 0 Å². The SMILES string of the molecule is Cl.NCCc1nnc(SCCCO)n1-c1ccccc1F. The molecule has 0 spiro atoms. The van der Waals surface area contributed by atoms with Gasteiger partial charge in [0.1, 0.15) is 11.6 Å². The van der Waals surface area contributed by atoms with Gasteiger partial charge in [-0.25, -0.2) is 4.39 Å². The van der Waals surface area contributed by atoms with Crippen molar-refractivity contribution in [2.75, 3.05) is 18.9 Å². The van der Waals surface area contributed by atoms with Crippen LogP contribution >= 0.6 is 24.2 Å². The molecule has 0 radical (unpaired) electrons. The third-order valence-electron chi connectivity index (χ3n) is 2.70. The molecule has 1 heterocycles. The number of halogens is 2. The normalized spacial score (nSPS) is 10.4. The Morgan fingerprint density at radius 3 is 2.71 bits per heavy atom. The summed E-state index contributed by atoms with van der Waals surface area (Å²) in [6.07, 6.45) is 1.18. The van der Waals surface area contributed by atoms with E-state index in [-0.39, 0.29) is 24.8 Å². The van der Waals surface area contributed by atoms with Crippen LogP contribution in [0.25, 0.3) is 5.69 Å². The number of rotatable bonds is 7. The maximum atomic E-state index is 14.0. The Hall–Kier alpha value is -1.15. The maximum absolute atomic E-state index is 14.0. The van der Waals surface area contributed by atoms with Crippen LogP contribution in [-0.2, 0) is 6.42 Å². The summed E-state index contributed by atoms with van der Waals surface area (Å²) in [6.45, 7) is 0.546. The van der Waals surface area contributed by atoms with E-state index in [1.165, 1.54) is 17.8 Å². The molecule has 1 aromatic heterocycles. The summed E-state index contributed by atoms with van der Waals surface area (Å²) in [7, 11) is 0. The number of aliphatic hydroxyl groups is 1. The molecule has 116 valence electrons. The van der Waals surface area contributed by atoms with E-state index >= 15 is 0 Å². The van der Waals surface area contributed by atoms with E-state index in [2.05, 4.69) is 10.2 Å². The lowest BCUT2D eigenvalue weighted by Gasteiger charge is -2.10. The highest BCUT2D eigenvalue weighted by molar-refractivity contribution is 7.99. The van der Waals surface area contributed by atoms with Gasteiger partial charge < -0.3 is 10.8 Å². The van der Waals surface area contributed by atoms with Crippen molar-refractivity contribution in [2.45, 2.75) is 18.0 Å². The van der Waals surface area contributed by atoms with Crippen LogP contribution in [0.5, 0.6) is 0 Å². The van der Waals surface area contributed by atoms with Crippen LogP contribution in [0.4, 0.5) is 4.39 Å². The third kappa shape index (κ3) is 4.41. The Morgan fingerprint density at radius 2 is 2.05 bits per heavy atom. The Bertz CT molecular complexity index is 567. The Balaban J connectivity index is 0.00000220. The minimum Gasteiger partial charge on any atom is -0.396 e. The summed E-state index contributed by atoms with van der Waals surface area (Å²) < 4.78 is 15.7. The predicted molar refractivity (Wildman–Crippen MR) is 83.8 cm³/mol. The second kappa shape index (κ2) is 8.99. The van der Waals surface area contributed by atoms with Gasteiger partial charge in [-0.3, -0.25) is 4.57 Å². The molecule has 2 rings (SSSR count).